The molecule has 0 spiro atoms. The lowest BCUT2D eigenvalue weighted by molar-refractivity contribution is -0.140. The van der Waals surface area contributed by atoms with Gasteiger partial charge in [0.05, 0.1) is 5.01 Å². The smallest absolute Gasteiger partial charge is 0.356 e. The number of aliphatic imine (C=N–C) groups is 1. The van der Waals surface area contributed by atoms with E-state index in [0.717, 1.165) is 36.4 Å². The molecule has 0 aromatic carbocycles. The number of thiazole rings is 1. The van der Waals surface area contributed by atoms with E-state index in [2.05, 4.69) is 32.4 Å². The lowest BCUT2D eigenvalue weighted by Gasteiger charge is -2.16. The molecule has 0 saturated carbocycles. The summed E-state index contributed by atoms with van der Waals surface area (Å²) >= 11 is 1.02. The summed E-state index contributed by atoms with van der Waals surface area (Å²) in [5, 5.41) is 7.72. The van der Waals surface area contributed by atoms with Crippen molar-refractivity contribution in [2.75, 3.05) is 40.3 Å². The maximum absolute atomic E-state index is 12.4. The molecule has 5 nitrogen and oxygen atoms in total. The second-order valence-corrected chi connectivity index (χ2v) is 5.64. The number of nitrogens with one attached hydrogen (secondary N) is 2. The van der Waals surface area contributed by atoms with Crippen LogP contribution in [0.2, 0.25) is 0 Å². The summed E-state index contributed by atoms with van der Waals surface area (Å²) in [6, 6.07) is 0. The molecular weight excluding hydrogens is 442 g/mol. The first-order valence-electron chi connectivity index (χ1n) is 7.01. The van der Waals surface area contributed by atoms with Gasteiger partial charge < -0.3 is 15.5 Å². The molecule has 10 heteroatoms. The van der Waals surface area contributed by atoms with Crippen molar-refractivity contribution in [1.82, 2.24) is 20.5 Å². The maximum atomic E-state index is 12.4. The Hall–Kier alpha value is -0.620. The van der Waals surface area contributed by atoms with Crippen LogP contribution in [0.25, 0.3) is 0 Å². The van der Waals surface area contributed by atoms with Crippen molar-refractivity contribution in [2.45, 2.75) is 19.5 Å². The summed E-state index contributed by atoms with van der Waals surface area (Å²) in [6.07, 6.45) is -3.94. The molecule has 2 N–H and O–H groups in total. The lowest BCUT2D eigenvalue weighted by Crippen LogP contribution is -2.41. The van der Waals surface area contributed by atoms with Gasteiger partial charge in [-0.2, -0.15) is 13.2 Å². The molecule has 1 aromatic heterocycles. The Morgan fingerprint density at radius 3 is 2.52 bits per heavy atom. The summed E-state index contributed by atoms with van der Waals surface area (Å²) < 4.78 is 37.3. The van der Waals surface area contributed by atoms with Crippen LogP contribution in [0.4, 0.5) is 13.2 Å². The van der Waals surface area contributed by atoms with Crippen molar-refractivity contribution >= 4 is 41.3 Å². The van der Waals surface area contributed by atoms with Crippen LogP contribution in [0.15, 0.2) is 10.4 Å². The van der Waals surface area contributed by atoms with Gasteiger partial charge in [-0.05, 0) is 13.6 Å². The minimum atomic E-state index is -4.37. The molecule has 0 radical (unpaired) electrons. The molecule has 0 atom stereocenters. The van der Waals surface area contributed by atoms with Gasteiger partial charge in [-0.1, -0.05) is 6.92 Å². The first-order chi connectivity index (χ1) is 10.4. The average molecular weight is 465 g/mol. The Morgan fingerprint density at radius 1 is 1.35 bits per heavy atom. The third-order valence-corrected chi connectivity index (χ3v) is 3.93. The number of nitrogens with zero attached hydrogens (tertiary/aromatic N) is 3. The molecule has 0 saturated heterocycles. The number of aromatic nitrogens is 1. The van der Waals surface area contributed by atoms with Crippen LogP contribution in [-0.2, 0) is 12.6 Å². The molecule has 0 aliphatic heterocycles. The zero-order valence-corrected chi connectivity index (χ0v) is 16.6. The Kier molecular flexibility index (Phi) is 10.7. The number of likely N-dealkylation sites (N-methyl/N-ethyl adjacent to an activating group) is 1. The first kappa shape index (κ1) is 22.4. The van der Waals surface area contributed by atoms with Crippen LogP contribution in [0.3, 0.4) is 0 Å². The molecule has 1 aromatic rings. The van der Waals surface area contributed by atoms with E-state index in [1.807, 2.05) is 7.05 Å². The van der Waals surface area contributed by atoms with Crippen molar-refractivity contribution in [3.05, 3.63) is 16.1 Å². The van der Waals surface area contributed by atoms with E-state index < -0.39 is 11.9 Å². The molecule has 0 amide bonds. The molecule has 23 heavy (non-hydrogen) atoms. The van der Waals surface area contributed by atoms with Crippen LogP contribution in [0.5, 0.6) is 0 Å². The van der Waals surface area contributed by atoms with Gasteiger partial charge in [-0.15, -0.1) is 35.3 Å². The highest BCUT2D eigenvalue weighted by Crippen LogP contribution is 2.29. The standard InChI is InChI=1S/C13H22F3N5S.HI/c1-4-21(3)8-7-19-12(17-2)18-6-5-11-20-10(9-22-11)13(14,15)16;/h9H,4-8H2,1-3H3,(H2,17,18,19);1H. The molecule has 0 fully saturated rings. The minimum absolute atomic E-state index is 0. The summed E-state index contributed by atoms with van der Waals surface area (Å²) in [7, 11) is 3.68. The van der Waals surface area contributed by atoms with E-state index in [-0.39, 0.29) is 24.0 Å². The van der Waals surface area contributed by atoms with Gasteiger partial charge in [0.15, 0.2) is 11.7 Å². The molecule has 0 unspecified atom stereocenters. The van der Waals surface area contributed by atoms with Gasteiger partial charge in [0, 0.05) is 38.5 Å². The third-order valence-electron chi connectivity index (χ3n) is 3.02. The van der Waals surface area contributed by atoms with Crippen molar-refractivity contribution < 1.29 is 13.2 Å². The van der Waals surface area contributed by atoms with E-state index in [4.69, 9.17) is 0 Å². The average Bonchev–Trinajstić information content (AvgIpc) is 2.94. The fourth-order valence-corrected chi connectivity index (χ4v) is 2.39. The molecule has 0 aliphatic rings. The maximum Gasteiger partial charge on any atom is 0.434 e. The Bertz CT molecular complexity index is 478. The summed E-state index contributed by atoms with van der Waals surface area (Å²) in [5.74, 6) is 0.636. The summed E-state index contributed by atoms with van der Waals surface area (Å²) in [4.78, 5) is 9.81. The van der Waals surface area contributed by atoms with E-state index >= 15 is 0 Å². The molecule has 0 aliphatic carbocycles. The van der Waals surface area contributed by atoms with Gasteiger partial charge in [0.25, 0.3) is 0 Å². The van der Waals surface area contributed by atoms with Gasteiger partial charge in [0.1, 0.15) is 0 Å². The Morgan fingerprint density at radius 2 is 2.00 bits per heavy atom. The van der Waals surface area contributed by atoms with Crippen LogP contribution < -0.4 is 10.6 Å². The fraction of sp³-hybridized carbons (Fsp3) is 0.692. The number of alkyl halides is 3. The lowest BCUT2D eigenvalue weighted by atomic mass is 10.4. The van der Waals surface area contributed by atoms with Crippen LogP contribution >= 0.6 is 35.3 Å². The van der Waals surface area contributed by atoms with Gasteiger partial charge in [0.2, 0.25) is 0 Å². The van der Waals surface area contributed by atoms with Crippen molar-refractivity contribution in [2.24, 2.45) is 4.99 Å². The second kappa shape index (κ2) is 11.0. The van der Waals surface area contributed by atoms with Crippen molar-refractivity contribution in [3.63, 3.8) is 0 Å². The largest absolute Gasteiger partial charge is 0.434 e. The summed E-state index contributed by atoms with van der Waals surface area (Å²) in [5.41, 5.74) is -0.822. The highest BCUT2D eigenvalue weighted by atomic mass is 127. The van der Waals surface area contributed by atoms with Gasteiger partial charge in [-0.3, -0.25) is 4.99 Å². The zero-order valence-electron chi connectivity index (χ0n) is 13.4. The van der Waals surface area contributed by atoms with E-state index in [9.17, 15) is 13.2 Å². The van der Waals surface area contributed by atoms with Crippen LogP contribution in [0.1, 0.15) is 17.6 Å². The normalized spacial score (nSPS) is 12.2. The molecular formula is C13H23F3IN5S. The van der Waals surface area contributed by atoms with E-state index in [1.165, 1.54) is 0 Å². The monoisotopic (exact) mass is 465 g/mol. The predicted molar refractivity (Wildman–Crippen MR) is 98.8 cm³/mol. The molecule has 134 valence electrons. The molecule has 1 rings (SSSR count). The minimum Gasteiger partial charge on any atom is -0.356 e. The quantitative estimate of drug-likeness (QED) is 0.369. The van der Waals surface area contributed by atoms with E-state index in [1.54, 1.807) is 7.05 Å². The Labute approximate surface area is 155 Å². The zero-order chi connectivity index (χ0) is 16.6. The predicted octanol–water partition coefficient (Wildman–Crippen LogP) is 2.44. The van der Waals surface area contributed by atoms with Crippen LogP contribution in [-0.4, -0.2) is 56.1 Å². The number of hydrogen-bond acceptors (Lipinski definition) is 4. The van der Waals surface area contributed by atoms with Crippen molar-refractivity contribution in [1.29, 1.82) is 0 Å². The first-order valence-corrected chi connectivity index (χ1v) is 7.89. The topological polar surface area (TPSA) is 52.5 Å². The number of guanidine groups is 1. The number of hydrogen-bond donors (Lipinski definition) is 2. The highest BCUT2D eigenvalue weighted by Gasteiger charge is 2.33. The Balaban J connectivity index is 0.00000484. The van der Waals surface area contributed by atoms with Crippen molar-refractivity contribution in [3.8, 4) is 0 Å². The number of halogens is 4. The highest BCUT2D eigenvalue weighted by molar-refractivity contribution is 14.0. The fourth-order valence-electron chi connectivity index (χ4n) is 1.59. The SMILES string of the molecule is CCN(C)CCNC(=NC)NCCc1nc(C(F)(F)F)cs1.I. The second-order valence-electron chi connectivity index (χ2n) is 4.70. The summed E-state index contributed by atoms with van der Waals surface area (Å²) in [6.45, 7) is 5.17. The number of rotatable bonds is 7. The van der Waals surface area contributed by atoms with Crippen LogP contribution in [0, 0.1) is 0 Å². The third kappa shape index (κ3) is 8.70. The molecule has 1 heterocycles. The van der Waals surface area contributed by atoms with Gasteiger partial charge in [-0.25, -0.2) is 4.98 Å². The van der Waals surface area contributed by atoms with E-state index in [0.29, 0.717) is 23.9 Å². The van der Waals surface area contributed by atoms with Gasteiger partial charge >= 0.3 is 6.18 Å². The molecule has 0 bridgehead atoms.